The number of hydrogen-bond donors (Lipinski definition) is 1. The maximum atomic E-state index is 5.82. The molecular formula is C14H16ClN3. The molecule has 0 amide bonds. The monoisotopic (exact) mass is 261 g/mol. The van der Waals surface area contributed by atoms with E-state index < -0.39 is 0 Å². The highest BCUT2D eigenvalue weighted by Crippen LogP contribution is 2.19. The third kappa shape index (κ3) is 3.20. The molecule has 0 spiro atoms. The van der Waals surface area contributed by atoms with Gasteiger partial charge in [0, 0.05) is 23.3 Å². The molecule has 1 aromatic heterocycles. The molecule has 0 aliphatic carbocycles. The van der Waals surface area contributed by atoms with Gasteiger partial charge in [-0.1, -0.05) is 26.0 Å². The van der Waals surface area contributed by atoms with Gasteiger partial charge >= 0.3 is 0 Å². The number of nitrogens with zero attached hydrogens (tertiary/aromatic N) is 2. The molecule has 94 valence electrons. The van der Waals surface area contributed by atoms with E-state index in [9.17, 15) is 0 Å². The molecule has 0 saturated carbocycles. The maximum Gasteiger partial charge on any atom is 0.133 e. The number of alkyl halides is 1. The van der Waals surface area contributed by atoms with Crippen molar-refractivity contribution in [1.82, 2.24) is 9.97 Å². The van der Waals surface area contributed by atoms with Gasteiger partial charge in [-0.3, -0.25) is 0 Å². The van der Waals surface area contributed by atoms with Gasteiger partial charge in [-0.2, -0.15) is 0 Å². The minimum atomic E-state index is 0.391. The lowest BCUT2D eigenvalue weighted by atomic mass is 10.1. The second kappa shape index (κ2) is 5.83. The molecule has 3 nitrogen and oxygen atoms in total. The molecule has 2 rings (SSSR count). The van der Waals surface area contributed by atoms with Crippen molar-refractivity contribution in [3.05, 3.63) is 47.9 Å². The largest absolute Gasteiger partial charge is 0.340 e. The number of hydrogen-bond acceptors (Lipinski definition) is 3. The van der Waals surface area contributed by atoms with Crippen LogP contribution < -0.4 is 5.32 Å². The van der Waals surface area contributed by atoms with Gasteiger partial charge in [-0.25, -0.2) is 9.97 Å². The number of benzene rings is 1. The van der Waals surface area contributed by atoms with Crippen molar-refractivity contribution in [3.63, 3.8) is 0 Å². The Balaban J connectivity index is 2.20. The van der Waals surface area contributed by atoms with E-state index in [0.29, 0.717) is 11.8 Å². The highest BCUT2D eigenvalue weighted by Gasteiger charge is 2.03. The first-order valence-corrected chi connectivity index (χ1v) is 6.46. The Hall–Kier alpha value is -1.61. The molecule has 0 saturated heterocycles. The van der Waals surface area contributed by atoms with Gasteiger partial charge in [0.25, 0.3) is 0 Å². The van der Waals surface area contributed by atoms with Crippen LogP contribution in [0.3, 0.4) is 0 Å². The van der Waals surface area contributed by atoms with Crippen LogP contribution in [0.5, 0.6) is 0 Å². The SMILES string of the molecule is CC(C)c1cc(Nc2cccc(CCl)c2)ncn1. The van der Waals surface area contributed by atoms with E-state index >= 15 is 0 Å². The summed E-state index contributed by atoms with van der Waals surface area (Å²) in [7, 11) is 0. The van der Waals surface area contributed by atoms with Crippen LogP contribution >= 0.6 is 11.6 Å². The first-order valence-electron chi connectivity index (χ1n) is 5.93. The lowest BCUT2D eigenvalue weighted by molar-refractivity contribution is 0.815. The number of halogens is 1. The van der Waals surface area contributed by atoms with Gasteiger partial charge in [-0.05, 0) is 23.6 Å². The molecule has 4 heteroatoms. The van der Waals surface area contributed by atoms with Crippen molar-refractivity contribution in [2.24, 2.45) is 0 Å². The summed E-state index contributed by atoms with van der Waals surface area (Å²) in [5.41, 5.74) is 3.10. The predicted octanol–water partition coefficient (Wildman–Crippen LogP) is 4.08. The van der Waals surface area contributed by atoms with Crippen LogP contribution in [0.25, 0.3) is 0 Å². The lowest BCUT2D eigenvalue weighted by Gasteiger charge is -2.09. The molecule has 1 aromatic carbocycles. The Labute approximate surface area is 112 Å². The van der Waals surface area contributed by atoms with Crippen LogP contribution in [0.1, 0.15) is 31.0 Å². The number of nitrogens with one attached hydrogen (secondary N) is 1. The molecule has 0 radical (unpaired) electrons. The van der Waals surface area contributed by atoms with Gasteiger partial charge in [0.2, 0.25) is 0 Å². The van der Waals surface area contributed by atoms with E-state index in [-0.39, 0.29) is 0 Å². The molecule has 18 heavy (non-hydrogen) atoms. The van der Waals surface area contributed by atoms with E-state index in [4.69, 9.17) is 11.6 Å². The summed E-state index contributed by atoms with van der Waals surface area (Å²) in [6, 6.07) is 9.96. The molecule has 0 aliphatic rings. The van der Waals surface area contributed by atoms with Crippen molar-refractivity contribution in [2.45, 2.75) is 25.6 Å². The lowest BCUT2D eigenvalue weighted by Crippen LogP contribution is -1.99. The van der Waals surface area contributed by atoms with Gasteiger partial charge in [0.15, 0.2) is 0 Å². The summed E-state index contributed by atoms with van der Waals surface area (Å²) in [5.74, 6) is 1.71. The third-order valence-corrected chi connectivity index (χ3v) is 2.94. The average molecular weight is 262 g/mol. The van der Waals surface area contributed by atoms with Crippen molar-refractivity contribution in [3.8, 4) is 0 Å². The van der Waals surface area contributed by atoms with Gasteiger partial charge in [0.1, 0.15) is 12.1 Å². The number of rotatable bonds is 4. The Morgan fingerprint density at radius 3 is 2.78 bits per heavy atom. The van der Waals surface area contributed by atoms with Crippen molar-refractivity contribution >= 4 is 23.1 Å². The molecule has 1 N–H and O–H groups in total. The Kier molecular flexibility index (Phi) is 4.15. The normalized spacial score (nSPS) is 10.7. The topological polar surface area (TPSA) is 37.8 Å². The summed E-state index contributed by atoms with van der Waals surface area (Å²) in [5, 5.41) is 3.26. The highest BCUT2D eigenvalue weighted by molar-refractivity contribution is 6.17. The smallest absolute Gasteiger partial charge is 0.133 e. The predicted molar refractivity (Wildman–Crippen MR) is 75.4 cm³/mol. The van der Waals surface area contributed by atoms with Crippen molar-refractivity contribution in [1.29, 1.82) is 0 Å². The Bertz CT molecular complexity index is 526. The van der Waals surface area contributed by atoms with E-state index in [1.165, 1.54) is 0 Å². The molecular weight excluding hydrogens is 246 g/mol. The zero-order valence-electron chi connectivity index (χ0n) is 10.5. The fourth-order valence-electron chi connectivity index (χ4n) is 1.64. The standard InChI is InChI=1S/C14H16ClN3/c1-10(2)13-7-14(17-9-16-13)18-12-5-3-4-11(6-12)8-15/h3-7,9-10H,8H2,1-2H3,(H,16,17,18). The minimum Gasteiger partial charge on any atom is -0.340 e. The van der Waals surface area contributed by atoms with Crippen LogP contribution in [0.2, 0.25) is 0 Å². The van der Waals surface area contributed by atoms with Gasteiger partial charge < -0.3 is 5.32 Å². The zero-order valence-corrected chi connectivity index (χ0v) is 11.3. The fraction of sp³-hybridized carbons (Fsp3) is 0.286. The van der Waals surface area contributed by atoms with Crippen LogP contribution in [0, 0.1) is 0 Å². The molecule has 0 unspecified atom stereocenters. The number of aromatic nitrogens is 2. The summed E-state index contributed by atoms with van der Waals surface area (Å²) in [6.45, 7) is 4.22. The van der Waals surface area contributed by atoms with Crippen LogP contribution in [-0.2, 0) is 5.88 Å². The van der Waals surface area contributed by atoms with E-state index in [2.05, 4.69) is 29.1 Å². The molecule has 2 aromatic rings. The van der Waals surface area contributed by atoms with E-state index in [1.807, 2.05) is 30.3 Å². The summed E-state index contributed by atoms with van der Waals surface area (Å²) in [4.78, 5) is 8.46. The summed E-state index contributed by atoms with van der Waals surface area (Å²) in [6.07, 6.45) is 1.59. The minimum absolute atomic E-state index is 0.391. The average Bonchev–Trinajstić information content (AvgIpc) is 2.39. The van der Waals surface area contributed by atoms with Gasteiger partial charge in [-0.15, -0.1) is 11.6 Å². The second-order valence-corrected chi connectivity index (χ2v) is 4.71. The summed E-state index contributed by atoms with van der Waals surface area (Å²) >= 11 is 5.82. The first kappa shape index (κ1) is 12.8. The van der Waals surface area contributed by atoms with Crippen LogP contribution in [-0.4, -0.2) is 9.97 Å². The molecule has 0 bridgehead atoms. The molecule has 0 atom stereocenters. The second-order valence-electron chi connectivity index (χ2n) is 4.44. The van der Waals surface area contributed by atoms with Crippen LogP contribution in [0.15, 0.2) is 36.7 Å². The first-order chi connectivity index (χ1) is 8.69. The summed E-state index contributed by atoms with van der Waals surface area (Å²) < 4.78 is 0. The van der Waals surface area contributed by atoms with Crippen LogP contribution in [0.4, 0.5) is 11.5 Å². The Morgan fingerprint density at radius 2 is 2.06 bits per heavy atom. The molecule has 1 heterocycles. The van der Waals surface area contributed by atoms with E-state index in [1.54, 1.807) is 6.33 Å². The van der Waals surface area contributed by atoms with Gasteiger partial charge in [0.05, 0.1) is 0 Å². The maximum absolute atomic E-state index is 5.82. The van der Waals surface area contributed by atoms with Crippen molar-refractivity contribution in [2.75, 3.05) is 5.32 Å². The third-order valence-electron chi connectivity index (χ3n) is 2.63. The molecule has 0 fully saturated rings. The van der Waals surface area contributed by atoms with E-state index in [0.717, 1.165) is 22.8 Å². The Morgan fingerprint density at radius 1 is 1.22 bits per heavy atom. The number of anilines is 2. The quantitative estimate of drug-likeness (QED) is 0.843. The highest BCUT2D eigenvalue weighted by atomic mass is 35.5. The zero-order chi connectivity index (χ0) is 13.0. The fourth-order valence-corrected chi connectivity index (χ4v) is 1.80. The van der Waals surface area contributed by atoms with Crippen molar-refractivity contribution < 1.29 is 0 Å². The molecule has 0 aliphatic heterocycles.